The summed E-state index contributed by atoms with van der Waals surface area (Å²) in [6, 6.07) is 9.77. The fourth-order valence-corrected chi connectivity index (χ4v) is 3.84. The third-order valence-electron chi connectivity index (χ3n) is 5.37. The number of anilines is 1. The zero-order chi connectivity index (χ0) is 18.7. The zero-order valence-electron chi connectivity index (χ0n) is 14.8. The quantitative estimate of drug-likeness (QED) is 0.516. The van der Waals surface area contributed by atoms with Crippen molar-refractivity contribution in [2.24, 2.45) is 0 Å². The maximum atomic E-state index is 14.8. The number of fused-ring (bicyclic) bond motifs is 4. The SMILES string of the molecule is CN1CCN(c2cc3c(cc2F)C(=O)c2nc4ccccc4c(=O)n2-3)CC1. The van der Waals surface area contributed by atoms with Gasteiger partial charge in [0.2, 0.25) is 5.78 Å². The van der Waals surface area contributed by atoms with E-state index in [9.17, 15) is 14.0 Å². The molecule has 0 N–H and O–H groups in total. The van der Waals surface area contributed by atoms with E-state index in [2.05, 4.69) is 9.88 Å². The summed E-state index contributed by atoms with van der Waals surface area (Å²) in [5.74, 6) is -0.822. The third-order valence-corrected chi connectivity index (χ3v) is 5.37. The van der Waals surface area contributed by atoms with Gasteiger partial charge in [-0.3, -0.25) is 14.2 Å². The first-order valence-corrected chi connectivity index (χ1v) is 8.88. The van der Waals surface area contributed by atoms with Gasteiger partial charge in [-0.15, -0.1) is 0 Å². The van der Waals surface area contributed by atoms with Crippen LogP contribution in [0.4, 0.5) is 10.1 Å². The van der Waals surface area contributed by atoms with Crippen LogP contribution in [0.25, 0.3) is 16.6 Å². The highest BCUT2D eigenvalue weighted by atomic mass is 19.1. The maximum Gasteiger partial charge on any atom is 0.266 e. The highest BCUT2D eigenvalue weighted by Crippen LogP contribution is 2.32. The second kappa shape index (κ2) is 5.72. The molecule has 3 aromatic rings. The average Bonchev–Trinajstić information content (AvgIpc) is 2.94. The van der Waals surface area contributed by atoms with Gasteiger partial charge in [0.1, 0.15) is 5.82 Å². The predicted molar refractivity (Wildman–Crippen MR) is 100 cm³/mol. The minimum absolute atomic E-state index is 0.0450. The number of halogens is 1. The summed E-state index contributed by atoms with van der Waals surface area (Å²) in [7, 11) is 2.03. The van der Waals surface area contributed by atoms with Gasteiger partial charge in [-0.1, -0.05) is 12.1 Å². The lowest BCUT2D eigenvalue weighted by molar-refractivity contribution is 0.103. The number of carbonyl (C=O) groups is 1. The number of aromatic nitrogens is 2. The molecular formula is C20H17FN4O2. The first-order chi connectivity index (χ1) is 13.0. The molecule has 2 aliphatic rings. The van der Waals surface area contributed by atoms with Crippen LogP contribution in [0.1, 0.15) is 16.2 Å². The van der Waals surface area contributed by atoms with E-state index < -0.39 is 11.6 Å². The molecule has 1 saturated heterocycles. The van der Waals surface area contributed by atoms with Crippen LogP contribution in [0.3, 0.4) is 0 Å². The van der Waals surface area contributed by atoms with Crippen molar-refractivity contribution in [3.05, 3.63) is 64.0 Å². The Balaban J connectivity index is 1.72. The summed E-state index contributed by atoms with van der Waals surface area (Å²) >= 11 is 0. The van der Waals surface area contributed by atoms with Crippen molar-refractivity contribution >= 4 is 22.4 Å². The minimum atomic E-state index is -0.447. The average molecular weight is 364 g/mol. The van der Waals surface area contributed by atoms with Crippen molar-refractivity contribution in [3.8, 4) is 5.69 Å². The molecule has 0 atom stereocenters. The molecular weight excluding hydrogens is 347 g/mol. The Hall–Kier alpha value is -3.06. The van der Waals surface area contributed by atoms with Crippen molar-refractivity contribution in [3.63, 3.8) is 0 Å². The number of carbonyl (C=O) groups excluding carboxylic acids is 1. The molecule has 6 nitrogen and oxygen atoms in total. The van der Waals surface area contributed by atoms with E-state index in [0.717, 1.165) is 13.1 Å². The molecule has 0 saturated carbocycles. The molecule has 7 heteroatoms. The largest absolute Gasteiger partial charge is 0.367 e. The number of benzene rings is 2. The molecule has 0 aliphatic carbocycles. The summed E-state index contributed by atoms with van der Waals surface area (Å²) in [6.07, 6.45) is 0. The topological polar surface area (TPSA) is 58.4 Å². The Morgan fingerprint density at radius 3 is 2.52 bits per heavy atom. The van der Waals surface area contributed by atoms with Crippen LogP contribution in [0, 0.1) is 5.82 Å². The van der Waals surface area contributed by atoms with Gasteiger partial charge in [-0.05, 0) is 31.3 Å². The first kappa shape index (κ1) is 16.1. The van der Waals surface area contributed by atoms with Crippen LogP contribution in [-0.4, -0.2) is 53.5 Å². The van der Waals surface area contributed by atoms with E-state index in [1.165, 1.54) is 10.6 Å². The smallest absolute Gasteiger partial charge is 0.266 e. The van der Waals surface area contributed by atoms with Crippen molar-refractivity contribution in [1.29, 1.82) is 0 Å². The Bertz CT molecular complexity index is 1160. The van der Waals surface area contributed by atoms with Crippen LogP contribution in [0.5, 0.6) is 0 Å². The van der Waals surface area contributed by atoms with Crippen molar-refractivity contribution in [2.45, 2.75) is 0 Å². The van der Waals surface area contributed by atoms with E-state index in [4.69, 9.17) is 0 Å². The van der Waals surface area contributed by atoms with Crippen molar-refractivity contribution in [2.75, 3.05) is 38.1 Å². The van der Waals surface area contributed by atoms with E-state index in [1.807, 2.05) is 11.9 Å². The van der Waals surface area contributed by atoms with Gasteiger partial charge in [0.25, 0.3) is 5.56 Å². The molecule has 0 radical (unpaired) electrons. The molecule has 1 aromatic heterocycles. The molecule has 2 aliphatic heterocycles. The molecule has 0 bridgehead atoms. The van der Waals surface area contributed by atoms with E-state index in [-0.39, 0.29) is 16.9 Å². The van der Waals surface area contributed by atoms with Gasteiger partial charge in [-0.2, -0.15) is 0 Å². The Morgan fingerprint density at radius 1 is 1.00 bits per heavy atom. The monoisotopic (exact) mass is 364 g/mol. The van der Waals surface area contributed by atoms with Crippen LogP contribution >= 0.6 is 0 Å². The van der Waals surface area contributed by atoms with Gasteiger partial charge in [0, 0.05) is 26.2 Å². The normalized spacial score (nSPS) is 16.7. The second-order valence-electron chi connectivity index (χ2n) is 7.03. The second-order valence-corrected chi connectivity index (χ2v) is 7.03. The fraction of sp³-hybridized carbons (Fsp3) is 0.250. The van der Waals surface area contributed by atoms with Gasteiger partial charge < -0.3 is 9.80 Å². The van der Waals surface area contributed by atoms with E-state index in [0.29, 0.717) is 35.4 Å². The summed E-state index contributed by atoms with van der Waals surface area (Å²) in [5.41, 5.74) is 1.18. The molecule has 1 fully saturated rings. The van der Waals surface area contributed by atoms with Crippen molar-refractivity contribution in [1.82, 2.24) is 14.5 Å². The summed E-state index contributed by atoms with van der Waals surface area (Å²) in [5, 5.41) is 0.437. The number of nitrogens with zero attached hydrogens (tertiary/aromatic N) is 4. The predicted octanol–water partition coefficient (Wildman–Crippen LogP) is 1.82. The highest BCUT2D eigenvalue weighted by Gasteiger charge is 2.32. The number of para-hydroxylation sites is 1. The number of hydrogen-bond acceptors (Lipinski definition) is 5. The summed E-state index contributed by atoms with van der Waals surface area (Å²) in [4.78, 5) is 34.3. The highest BCUT2D eigenvalue weighted by molar-refractivity contribution is 6.13. The summed E-state index contributed by atoms with van der Waals surface area (Å²) in [6.45, 7) is 3.05. The van der Waals surface area contributed by atoms with E-state index >= 15 is 0 Å². The number of piperazine rings is 1. The molecule has 3 heterocycles. The lowest BCUT2D eigenvalue weighted by Gasteiger charge is -2.34. The van der Waals surface area contributed by atoms with Gasteiger partial charge in [0.05, 0.1) is 27.8 Å². The summed E-state index contributed by atoms with van der Waals surface area (Å²) < 4.78 is 16.1. The van der Waals surface area contributed by atoms with Gasteiger partial charge >= 0.3 is 0 Å². The maximum absolute atomic E-state index is 14.8. The van der Waals surface area contributed by atoms with Crippen LogP contribution < -0.4 is 10.5 Å². The molecule has 0 spiro atoms. The molecule has 27 heavy (non-hydrogen) atoms. The Morgan fingerprint density at radius 2 is 1.74 bits per heavy atom. The Labute approximate surface area is 154 Å². The molecule has 0 unspecified atom stereocenters. The van der Waals surface area contributed by atoms with Crippen LogP contribution in [-0.2, 0) is 0 Å². The molecule has 2 aromatic carbocycles. The van der Waals surface area contributed by atoms with Gasteiger partial charge in [-0.25, -0.2) is 9.37 Å². The van der Waals surface area contributed by atoms with Crippen molar-refractivity contribution < 1.29 is 9.18 Å². The lowest BCUT2D eigenvalue weighted by atomic mass is 10.1. The van der Waals surface area contributed by atoms with Gasteiger partial charge in [0.15, 0.2) is 5.82 Å². The lowest BCUT2D eigenvalue weighted by Crippen LogP contribution is -2.44. The van der Waals surface area contributed by atoms with E-state index in [1.54, 1.807) is 30.3 Å². The van der Waals surface area contributed by atoms with Crippen LogP contribution in [0.2, 0.25) is 0 Å². The third kappa shape index (κ3) is 2.31. The molecule has 5 rings (SSSR count). The minimum Gasteiger partial charge on any atom is -0.367 e. The fourth-order valence-electron chi connectivity index (χ4n) is 3.84. The molecule has 0 amide bonds. The molecule has 136 valence electrons. The number of likely N-dealkylation sites (N-methyl/N-ethyl adjacent to an activating group) is 1. The van der Waals surface area contributed by atoms with Crippen LogP contribution in [0.15, 0.2) is 41.2 Å². The first-order valence-electron chi connectivity index (χ1n) is 8.88. The number of hydrogen-bond donors (Lipinski definition) is 0. The number of rotatable bonds is 1. The Kier molecular flexibility index (Phi) is 3.42. The zero-order valence-corrected chi connectivity index (χ0v) is 14.8. The standard InChI is InChI=1S/C20H17FN4O2/c1-23-6-8-24(9-7-23)17-11-16-13(10-14(17)21)18(26)19-22-15-5-3-2-4-12(15)20(27)25(16)19/h2-5,10-11H,6-9H2,1H3. The number of ketones is 1.